The van der Waals surface area contributed by atoms with E-state index in [1.807, 2.05) is 18.2 Å². The maximum atomic E-state index is 6.33. The Kier molecular flexibility index (Phi) is 5.13. The molecule has 0 aliphatic heterocycles. The first-order valence-electron chi connectivity index (χ1n) is 6.93. The largest absolute Gasteiger partial charge is 0.329 e. The third-order valence-electron chi connectivity index (χ3n) is 3.77. The van der Waals surface area contributed by atoms with E-state index in [0.717, 1.165) is 23.0 Å². The number of halogens is 2. The molecule has 1 saturated carbocycles. The molecule has 1 aromatic rings. The van der Waals surface area contributed by atoms with Crippen LogP contribution in [-0.2, 0) is 0 Å². The third-order valence-corrected chi connectivity index (χ3v) is 4.35. The van der Waals surface area contributed by atoms with Gasteiger partial charge in [0.25, 0.3) is 0 Å². The number of rotatable bonds is 6. The Balaban J connectivity index is 2.26. The molecule has 4 heteroatoms. The summed E-state index contributed by atoms with van der Waals surface area (Å²) in [5.74, 6) is 0.828. The van der Waals surface area contributed by atoms with Gasteiger partial charge >= 0.3 is 0 Å². The van der Waals surface area contributed by atoms with Crippen molar-refractivity contribution in [3.63, 3.8) is 0 Å². The van der Waals surface area contributed by atoms with Gasteiger partial charge in [0, 0.05) is 35.2 Å². The van der Waals surface area contributed by atoms with Crippen molar-refractivity contribution in [2.75, 3.05) is 13.1 Å². The molecular weight excluding hydrogens is 279 g/mol. The van der Waals surface area contributed by atoms with E-state index in [4.69, 9.17) is 28.9 Å². The van der Waals surface area contributed by atoms with E-state index in [1.54, 1.807) is 0 Å². The summed E-state index contributed by atoms with van der Waals surface area (Å²) in [6, 6.07) is 6.22. The topological polar surface area (TPSA) is 29.3 Å². The van der Waals surface area contributed by atoms with Gasteiger partial charge in [0.15, 0.2) is 0 Å². The molecule has 1 aliphatic rings. The van der Waals surface area contributed by atoms with E-state index in [9.17, 15) is 0 Å². The summed E-state index contributed by atoms with van der Waals surface area (Å²) in [7, 11) is 0. The lowest BCUT2D eigenvalue weighted by Gasteiger charge is -2.35. The maximum absolute atomic E-state index is 6.33. The highest BCUT2D eigenvalue weighted by atomic mass is 35.5. The minimum absolute atomic E-state index is 0.145. The third kappa shape index (κ3) is 3.85. The highest BCUT2D eigenvalue weighted by Crippen LogP contribution is 2.36. The van der Waals surface area contributed by atoms with Crippen LogP contribution < -0.4 is 5.73 Å². The Morgan fingerprint density at radius 1 is 1.32 bits per heavy atom. The van der Waals surface area contributed by atoms with E-state index in [-0.39, 0.29) is 6.04 Å². The van der Waals surface area contributed by atoms with E-state index in [1.165, 1.54) is 12.8 Å². The van der Waals surface area contributed by atoms with Crippen molar-refractivity contribution in [2.45, 2.75) is 38.8 Å². The molecule has 1 atom stereocenters. The molecule has 0 saturated heterocycles. The van der Waals surface area contributed by atoms with Crippen LogP contribution in [0, 0.1) is 5.92 Å². The Hall–Kier alpha value is -0.280. The van der Waals surface area contributed by atoms with E-state index < -0.39 is 0 Å². The number of hydrogen-bond donors (Lipinski definition) is 1. The Bertz CT molecular complexity index is 430. The van der Waals surface area contributed by atoms with Gasteiger partial charge in [-0.1, -0.05) is 23.2 Å². The van der Waals surface area contributed by atoms with Crippen molar-refractivity contribution in [1.82, 2.24) is 4.90 Å². The lowest BCUT2D eigenvalue weighted by molar-refractivity contribution is 0.150. The summed E-state index contributed by atoms with van der Waals surface area (Å²) >= 11 is 12.4. The number of nitrogens with two attached hydrogens (primary N) is 1. The van der Waals surface area contributed by atoms with Gasteiger partial charge in [0.05, 0.1) is 0 Å². The van der Waals surface area contributed by atoms with Crippen molar-refractivity contribution in [3.05, 3.63) is 33.8 Å². The minimum atomic E-state index is 0.145. The molecule has 0 aromatic heterocycles. The fraction of sp³-hybridized carbons (Fsp3) is 0.600. The molecule has 0 bridgehead atoms. The first kappa shape index (κ1) is 15.1. The lowest BCUT2D eigenvalue weighted by Crippen LogP contribution is -2.40. The molecule has 0 heterocycles. The van der Waals surface area contributed by atoms with Gasteiger partial charge in [-0.05, 0) is 56.4 Å². The van der Waals surface area contributed by atoms with Crippen LogP contribution >= 0.6 is 23.2 Å². The van der Waals surface area contributed by atoms with Crippen molar-refractivity contribution in [3.8, 4) is 0 Å². The van der Waals surface area contributed by atoms with E-state index >= 15 is 0 Å². The highest BCUT2D eigenvalue weighted by molar-refractivity contribution is 6.33. The van der Waals surface area contributed by atoms with Gasteiger partial charge in [0.1, 0.15) is 0 Å². The summed E-state index contributed by atoms with van der Waals surface area (Å²) in [5.41, 5.74) is 7.06. The van der Waals surface area contributed by atoms with Crippen LogP contribution in [0.5, 0.6) is 0 Å². The van der Waals surface area contributed by atoms with Gasteiger partial charge in [0.2, 0.25) is 0 Å². The lowest BCUT2D eigenvalue weighted by atomic mass is 10.0. The first-order valence-corrected chi connectivity index (χ1v) is 7.69. The zero-order valence-corrected chi connectivity index (χ0v) is 13.1. The van der Waals surface area contributed by atoms with Crippen LogP contribution in [0.25, 0.3) is 0 Å². The average Bonchev–Trinajstić information content (AvgIpc) is 3.17. The van der Waals surface area contributed by atoms with Crippen LogP contribution in [-0.4, -0.2) is 24.0 Å². The van der Waals surface area contributed by atoms with Crippen molar-refractivity contribution >= 4 is 23.2 Å². The van der Waals surface area contributed by atoms with Gasteiger partial charge in [-0.15, -0.1) is 0 Å². The molecule has 19 heavy (non-hydrogen) atoms. The Labute approximate surface area is 125 Å². The maximum Gasteiger partial charge on any atom is 0.0488 e. The quantitative estimate of drug-likeness (QED) is 0.856. The van der Waals surface area contributed by atoms with Crippen molar-refractivity contribution < 1.29 is 0 Å². The summed E-state index contributed by atoms with van der Waals surface area (Å²) in [5, 5.41) is 1.47. The average molecular weight is 301 g/mol. The zero-order valence-electron chi connectivity index (χ0n) is 11.6. The number of benzene rings is 1. The molecule has 1 unspecified atom stereocenters. The Morgan fingerprint density at radius 3 is 2.53 bits per heavy atom. The molecule has 1 aliphatic carbocycles. The van der Waals surface area contributed by atoms with E-state index in [0.29, 0.717) is 17.6 Å². The number of hydrogen-bond acceptors (Lipinski definition) is 2. The molecule has 2 rings (SSSR count). The highest BCUT2D eigenvalue weighted by Gasteiger charge is 2.30. The first-order chi connectivity index (χ1) is 9.02. The number of nitrogens with zero attached hydrogens (tertiary/aromatic N) is 1. The normalized spacial score (nSPS) is 17.2. The second-order valence-electron chi connectivity index (χ2n) is 5.65. The van der Waals surface area contributed by atoms with Gasteiger partial charge in [-0.25, -0.2) is 0 Å². The summed E-state index contributed by atoms with van der Waals surface area (Å²) in [6.45, 7) is 6.08. The molecule has 2 N–H and O–H groups in total. The van der Waals surface area contributed by atoms with Crippen LogP contribution in [0.15, 0.2) is 18.2 Å². The van der Waals surface area contributed by atoms with Gasteiger partial charge in [-0.2, -0.15) is 0 Å². The monoisotopic (exact) mass is 300 g/mol. The second-order valence-corrected chi connectivity index (χ2v) is 6.49. The standard InChI is InChI=1S/C15H22Cl2N2/c1-10(2)19(9-11-3-4-11)15(8-18)13-7-12(16)5-6-14(13)17/h5-7,10-11,15H,3-4,8-9,18H2,1-2H3. The van der Waals surface area contributed by atoms with Gasteiger partial charge < -0.3 is 5.73 Å². The molecule has 1 aromatic carbocycles. The predicted octanol–water partition coefficient (Wildman–Crippen LogP) is 4.11. The molecule has 0 spiro atoms. The van der Waals surface area contributed by atoms with Crippen LogP contribution in [0.3, 0.4) is 0 Å². The zero-order chi connectivity index (χ0) is 14.0. The second kappa shape index (κ2) is 6.45. The summed E-state index contributed by atoms with van der Waals surface area (Å²) < 4.78 is 0. The summed E-state index contributed by atoms with van der Waals surface area (Å²) in [6.07, 6.45) is 2.67. The van der Waals surface area contributed by atoms with Crippen LogP contribution in [0.2, 0.25) is 10.0 Å². The SMILES string of the molecule is CC(C)N(CC1CC1)C(CN)c1cc(Cl)ccc1Cl. The van der Waals surface area contributed by atoms with Crippen LogP contribution in [0.4, 0.5) is 0 Å². The predicted molar refractivity (Wildman–Crippen MR) is 82.8 cm³/mol. The van der Waals surface area contributed by atoms with E-state index in [2.05, 4.69) is 18.7 Å². The molecule has 0 radical (unpaired) electrons. The molecule has 106 valence electrons. The molecule has 1 fully saturated rings. The summed E-state index contributed by atoms with van der Waals surface area (Å²) in [4.78, 5) is 2.45. The molecular formula is C15H22Cl2N2. The van der Waals surface area contributed by atoms with Gasteiger partial charge in [-0.3, -0.25) is 4.90 Å². The van der Waals surface area contributed by atoms with Crippen molar-refractivity contribution in [1.29, 1.82) is 0 Å². The minimum Gasteiger partial charge on any atom is -0.329 e. The smallest absolute Gasteiger partial charge is 0.0488 e. The Morgan fingerprint density at radius 2 is 2.00 bits per heavy atom. The molecule has 0 amide bonds. The van der Waals surface area contributed by atoms with Crippen molar-refractivity contribution in [2.24, 2.45) is 11.7 Å². The fourth-order valence-electron chi connectivity index (χ4n) is 2.51. The molecule has 2 nitrogen and oxygen atoms in total. The van der Waals surface area contributed by atoms with Crippen LogP contribution in [0.1, 0.15) is 38.3 Å². The fourth-order valence-corrected chi connectivity index (χ4v) is 2.93.